The number of halogens is 2. The summed E-state index contributed by atoms with van der Waals surface area (Å²) in [5.41, 5.74) is 1.07. The molecule has 1 amide bonds. The average Bonchev–Trinajstić information content (AvgIpc) is 2.52. The van der Waals surface area contributed by atoms with Crippen molar-refractivity contribution in [2.24, 2.45) is 0 Å². The van der Waals surface area contributed by atoms with E-state index < -0.39 is 0 Å². The number of nitrogens with zero attached hydrogens (tertiary/aromatic N) is 1. The van der Waals surface area contributed by atoms with E-state index in [1.165, 1.54) is 0 Å². The average molecular weight is 363 g/mol. The van der Waals surface area contributed by atoms with Gasteiger partial charge in [-0.1, -0.05) is 29.3 Å². The van der Waals surface area contributed by atoms with Gasteiger partial charge in [0.2, 0.25) is 5.91 Å². The number of nitrogens with one attached hydrogen (secondary N) is 1. The van der Waals surface area contributed by atoms with Gasteiger partial charge in [0.05, 0.1) is 29.0 Å². The second-order valence-corrected chi connectivity index (χ2v) is 6.85. The van der Waals surface area contributed by atoms with Gasteiger partial charge in [-0.25, -0.2) is 0 Å². The van der Waals surface area contributed by atoms with Crippen molar-refractivity contribution < 1.29 is 9.53 Å². The number of hydrogen-bond acceptors (Lipinski definition) is 4. The maximum atomic E-state index is 11.8. The molecule has 1 heterocycles. The molecule has 1 N–H and O–H groups in total. The van der Waals surface area contributed by atoms with Crippen LogP contribution in [0.4, 0.5) is 0 Å². The number of hydrogen-bond donors (Lipinski definition) is 1. The van der Waals surface area contributed by atoms with Gasteiger partial charge in [0, 0.05) is 31.9 Å². The Labute approximate surface area is 145 Å². The van der Waals surface area contributed by atoms with E-state index in [2.05, 4.69) is 10.2 Å². The highest BCUT2D eigenvalue weighted by Crippen LogP contribution is 2.24. The monoisotopic (exact) mass is 362 g/mol. The van der Waals surface area contributed by atoms with Gasteiger partial charge in [-0.2, -0.15) is 0 Å². The molecule has 0 spiro atoms. The van der Waals surface area contributed by atoms with E-state index in [1.807, 2.05) is 12.1 Å². The first kappa shape index (κ1) is 17.9. The molecule has 1 aliphatic heterocycles. The molecule has 0 aliphatic carbocycles. The lowest BCUT2D eigenvalue weighted by Gasteiger charge is -2.26. The van der Waals surface area contributed by atoms with Gasteiger partial charge in [0.15, 0.2) is 0 Å². The van der Waals surface area contributed by atoms with E-state index in [-0.39, 0.29) is 5.91 Å². The second kappa shape index (κ2) is 9.63. The second-order valence-electron chi connectivity index (χ2n) is 5.05. The third-order valence-electron chi connectivity index (χ3n) is 3.34. The van der Waals surface area contributed by atoms with Crippen LogP contribution in [-0.2, 0) is 15.3 Å². The molecular weight excluding hydrogens is 343 g/mol. The molecule has 1 aromatic carbocycles. The van der Waals surface area contributed by atoms with Crippen LogP contribution in [0.5, 0.6) is 0 Å². The normalized spacial score (nSPS) is 15.7. The number of benzene rings is 1. The van der Waals surface area contributed by atoms with E-state index in [9.17, 15) is 4.79 Å². The Morgan fingerprint density at radius 1 is 1.27 bits per heavy atom. The summed E-state index contributed by atoms with van der Waals surface area (Å²) in [4.78, 5) is 14.1. The van der Waals surface area contributed by atoms with E-state index in [0.717, 1.165) is 44.2 Å². The van der Waals surface area contributed by atoms with Gasteiger partial charge in [-0.05, 0) is 17.7 Å². The minimum atomic E-state index is 0.0679. The lowest BCUT2D eigenvalue weighted by atomic mass is 10.2. The molecule has 0 radical (unpaired) electrons. The highest BCUT2D eigenvalue weighted by atomic mass is 35.5. The number of carbonyl (C=O) groups excluding carboxylic acids is 1. The van der Waals surface area contributed by atoms with E-state index >= 15 is 0 Å². The Morgan fingerprint density at radius 3 is 2.77 bits per heavy atom. The zero-order valence-electron chi connectivity index (χ0n) is 12.3. The summed E-state index contributed by atoms with van der Waals surface area (Å²) in [5, 5.41) is 4.05. The number of morpholine rings is 1. The summed E-state index contributed by atoms with van der Waals surface area (Å²) < 4.78 is 5.29. The van der Waals surface area contributed by atoms with Gasteiger partial charge in [-0.15, -0.1) is 11.8 Å². The first-order valence-corrected chi connectivity index (χ1v) is 9.14. The zero-order chi connectivity index (χ0) is 15.8. The third kappa shape index (κ3) is 6.34. The molecule has 0 bridgehead atoms. The number of amides is 1. The van der Waals surface area contributed by atoms with Crippen molar-refractivity contribution in [1.29, 1.82) is 0 Å². The quantitative estimate of drug-likeness (QED) is 0.809. The van der Waals surface area contributed by atoms with Crippen molar-refractivity contribution in [3.63, 3.8) is 0 Å². The molecule has 0 aromatic heterocycles. The Morgan fingerprint density at radius 2 is 2.05 bits per heavy atom. The van der Waals surface area contributed by atoms with Crippen molar-refractivity contribution in [3.05, 3.63) is 33.8 Å². The fourth-order valence-electron chi connectivity index (χ4n) is 2.12. The summed E-state index contributed by atoms with van der Waals surface area (Å²) in [7, 11) is 0. The molecule has 0 saturated carbocycles. The summed E-state index contributed by atoms with van der Waals surface area (Å²) in [6.07, 6.45) is 0. The maximum Gasteiger partial charge on any atom is 0.230 e. The molecule has 1 aliphatic rings. The molecule has 22 heavy (non-hydrogen) atoms. The molecule has 1 saturated heterocycles. The van der Waals surface area contributed by atoms with Gasteiger partial charge in [-0.3, -0.25) is 9.69 Å². The number of thioether (sulfide) groups is 1. The fourth-order valence-corrected chi connectivity index (χ4v) is 3.25. The van der Waals surface area contributed by atoms with Gasteiger partial charge in [0.1, 0.15) is 0 Å². The summed E-state index contributed by atoms with van der Waals surface area (Å²) in [6, 6.07) is 5.55. The molecule has 7 heteroatoms. The number of carbonyl (C=O) groups is 1. The third-order valence-corrected chi connectivity index (χ3v) is 5.08. The molecule has 2 rings (SSSR count). The van der Waals surface area contributed by atoms with Crippen LogP contribution in [0.3, 0.4) is 0 Å². The van der Waals surface area contributed by atoms with Gasteiger partial charge in [0.25, 0.3) is 0 Å². The van der Waals surface area contributed by atoms with Crippen LogP contribution in [0.2, 0.25) is 10.0 Å². The van der Waals surface area contributed by atoms with Crippen molar-refractivity contribution in [2.45, 2.75) is 5.75 Å². The molecule has 0 unspecified atom stereocenters. The van der Waals surface area contributed by atoms with Crippen molar-refractivity contribution in [1.82, 2.24) is 10.2 Å². The van der Waals surface area contributed by atoms with Crippen LogP contribution in [0.1, 0.15) is 5.56 Å². The Hall–Kier alpha value is -0.460. The number of rotatable bonds is 7. The highest BCUT2D eigenvalue weighted by Gasteiger charge is 2.10. The smallest absolute Gasteiger partial charge is 0.230 e. The van der Waals surface area contributed by atoms with Gasteiger partial charge < -0.3 is 10.1 Å². The van der Waals surface area contributed by atoms with Gasteiger partial charge >= 0.3 is 0 Å². The standard InChI is InChI=1S/C15H20Cl2N2O2S/c16-13-2-1-12(9-14(13)17)10-22-11-15(20)18-3-4-19-5-7-21-8-6-19/h1-2,9H,3-8,10-11H2,(H,18,20). The summed E-state index contributed by atoms with van der Waals surface area (Å²) in [6.45, 7) is 5.03. The first-order chi connectivity index (χ1) is 10.6. The van der Waals surface area contributed by atoms with Crippen molar-refractivity contribution in [3.8, 4) is 0 Å². The Bertz CT molecular complexity index is 496. The lowest BCUT2D eigenvalue weighted by molar-refractivity contribution is -0.118. The maximum absolute atomic E-state index is 11.8. The van der Waals surface area contributed by atoms with Crippen LogP contribution in [0, 0.1) is 0 Å². The molecule has 1 aromatic rings. The van der Waals surface area contributed by atoms with E-state index in [1.54, 1.807) is 17.8 Å². The largest absolute Gasteiger partial charge is 0.379 e. The lowest BCUT2D eigenvalue weighted by Crippen LogP contribution is -2.41. The molecule has 122 valence electrons. The van der Waals surface area contributed by atoms with Crippen LogP contribution in [0.25, 0.3) is 0 Å². The number of ether oxygens (including phenoxy) is 1. The molecule has 0 atom stereocenters. The topological polar surface area (TPSA) is 41.6 Å². The highest BCUT2D eigenvalue weighted by molar-refractivity contribution is 7.99. The van der Waals surface area contributed by atoms with E-state index in [0.29, 0.717) is 22.3 Å². The van der Waals surface area contributed by atoms with Crippen LogP contribution in [0.15, 0.2) is 18.2 Å². The van der Waals surface area contributed by atoms with Crippen LogP contribution in [-0.4, -0.2) is 56.0 Å². The van der Waals surface area contributed by atoms with Crippen LogP contribution >= 0.6 is 35.0 Å². The molecular formula is C15H20Cl2N2O2S. The van der Waals surface area contributed by atoms with Crippen molar-refractivity contribution >= 4 is 40.9 Å². The Balaban J connectivity index is 1.58. The predicted octanol–water partition coefficient (Wildman–Crippen LogP) is 2.68. The summed E-state index contributed by atoms with van der Waals surface area (Å²) >= 11 is 13.4. The van der Waals surface area contributed by atoms with E-state index in [4.69, 9.17) is 27.9 Å². The minimum Gasteiger partial charge on any atom is -0.379 e. The first-order valence-electron chi connectivity index (χ1n) is 7.23. The minimum absolute atomic E-state index is 0.0679. The van der Waals surface area contributed by atoms with Crippen molar-refractivity contribution in [2.75, 3.05) is 45.1 Å². The van der Waals surface area contributed by atoms with Crippen LogP contribution < -0.4 is 5.32 Å². The summed E-state index contributed by atoms with van der Waals surface area (Å²) in [5.74, 6) is 1.26. The predicted molar refractivity (Wildman–Crippen MR) is 92.9 cm³/mol. The Kier molecular flexibility index (Phi) is 7.83. The molecule has 4 nitrogen and oxygen atoms in total. The zero-order valence-corrected chi connectivity index (χ0v) is 14.6. The SMILES string of the molecule is O=C(CSCc1ccc(Cl)c(Cl)c1)NCCN1CCOCC1. The fraction of sp³-hybridized carbons (Fsp3) is 0.533. The molecule has 1 fully saturated rings.